The van der Waals surface area contributed by atoms with Gasteiger partial charge in [-0.15, -0.1) is 0 Å². The minimum atomic E-state index is -4.33. The smallest absolute Gasteiger partial charge is 0.369 e. The maximum absolute atomic E-state index is 13.4. The van der Waals surface area contributed by atoms with Gasteiger partial charge in [0.1, 0.15) is 0 Å². The van der Waals surface area contributed by atoms with E-state index in [9.17, 15) is 13.2 Å². The number of alkyl halides is 3. The van der Waals surface area contributed by atoms with Crippen molar-refractivity contribution in [3.8, 4) is 0 Å². The molecule has 1 N–H and O–H groups in total. The number of thioether (sulfide) groups is 1. The first-order chi connectivity index (χ1) is 9.73. The number of nitrogens with one attached hydrogen (secondary N) is 1. The molecule has 1 heterocycles. The molecule has 2 nitrogen and oxygen atoms in total. The van der Waals surface area contributed by atoms with Crippen LogP contribution in [0.5, 0.6) is 0 Å². The van der Waals surface area contributed by atoms with Crippen LogP contribution in [0.3, 0.4) is 0 Å². The Hall–Kier alpha value is -0.880. The van der Waals surface area contributed by atoms with Gasteiger partial charge in [0.2, 0.25) is 0 Å². The van der Waals surface area contributed by atoms with Gasteiger partial charge in [-0.2, -0.15) is 24.9 Å². The van der Waals surface area contributed by atoms with Crippen molar-refractivity contribution in [2.45, 2.75) is 31.3 Å². The molecular weight excluding hydrogens is 297 g/mol. The molecule has 1 fully saturated rings. The zero-order chi connectivity index (χ0) is 15.7. The lowest BCUT2D eigenvalue weighted by Gasteiger charge is -2.40. The summed E-state index contributed by atoms with van der Waals surface area (Å²) < 4.78 is 40.1. The van der Waals surface area contributed by atoms with Gasteiger partial charge in [-0.3, -0.25) is 0 Å². The third-order valence-electron chi connectivity index (χ3n) is 3.51. The summed E-state index contributed by atoms with van der Waals surface area (Å²) in [6.07, 6.45) is -4.33. The van der Waals surface area contributed by atoms with Gasteiger partial charge in [0.05, 0.1) is 5.56 Å². The number of hydrogen-bond donors (Lipinski definition) is 1. The highest BCUT2D eigenvalue weighted by Gasteiger charge is 2.37. The van der Waals surface area contributed by atoms with Crippen LogP contribution < -0.4 is 10.2 Å². The molecule has 2 rings (SSSR count). The van der Waals surface area contributed by atoms with Crippen LogP contribution in [0.2, 0.25) is 0 Å². The first-order valence-electron chi connectivity index (χ1n) is 6.96. The summed E-state index contributed by atoms with van der Waals surface area (Å²) in [6, 6.07) is 4.65. The van der Waals surface area contributed by atoms with E-state index in [1.165, 1.54) is 6.07 Å². The number of anilines is 1. The molecule has 0 bridgehead atoms. The zero-order valence-corrected chi connectivity index (χ0v) is 13.4. The first kappa shape index (κ1) is 16.5. The van der Waals surface area contributed by atoms with Gasteiger partial charge in [0, 0.05) is 35.8 Å². The first-order valence-corrected chi connectivity index (χ1v) is 7.95. The second-order valence-corrected chi connectivity index (χ2v) is 7.71. The predicted molar refractivity (Wildman–Crippen MR) is 83.0 cm³/mol. The quantitative estimate of drug-likeness (QED) is 0.913. The predicted octanol–water partition coefficient (Wildman–Crippen LogP) is 3.76. The van der Waals surface area contributed by atoms with Crippen LogP contribution in [0, 0.1) is 0 Å². The number of nitrogens with zero attached hydrogens (tertiary/aromatic N) is 1. The Morgan fingerprint density at radius 3 is 2.62 bits per heavy atom. The van der Waals surface area contributed by atoms with E-state index in [0.717, 1.165) is 5.75 Å². The van der Waals surface area contributed by atoms with Gasteiger partial charge < -0.3 is 10.2 Å². The monoisotopic (exact) mass is 318 g/mol. The average molecular weight is 318 g/mol. The van der Waals surface area contributed by atoms with E-state index >= 15 is 0 Å². The molecule has 0 aromatic heterocycles. The van der Waals surface area contributed by atoms with Crippen LogP contribution in [0.4, 0.5) is 18.9 Å². The molecule has 0 unspecified atom stereocenters. The van der Waals surface area contributed by atoms with Gasteiger partial charge in [0.15, 0.2) is 0 Å². The lowest BCUT2D eigenvalue weighted by molar-refractivity contribution is -0.137. The molecule has 0 aliphatic carbocycles. The summed E-state index contributed by atoms with van der Waals surface area (Å²) in [5.74, 6) is 0.850. The van der Waals surface area contributed by atoms with Crippen molar-refractivity contribution in [3.63, 3.8) is 0 Å². The van der Waals surface area contributed by atoms with Crippen LogP contribution in [-0.2, 0) is 12.7 Å². The molecule has 0 spiro atoms. The molecule has 0 radical (unpaired) electrons. The highest BCUT2D eigenvalue weighted by molar-refractivity contribution is 8.00. The fourth-order valence-corrected chi connectivity index (χ4v) is 3.73. The highest BCUT2D eigenvalue weighted by atomic mass is 32.2. The summed E-state index contributed by atoms with van der Waals surface area (Å²) in [4.78, 5) is 1.86. The molecule has 1 aliphatic heterocycles. The van der Waals surface area contributed by atoms with Crippen LogP contribution in [-0.4, -0.2) is 30.6 Å². The van der Waals surface area contributed by atoms with Crippen molar-refractivity contribution in [2.75, 3.05) is 30.8 Å². The van der Waals surface area contributed by atoms with E-state index in [1.807, 2.05) is 16.7 Å². The van der Waals surface area contributed by atoms with Crippen LogP contribution in [0.15, 0.2) is 18.2 Å². The fraction of sp³-hybridized carbons (Fsp3) is 0.600. The second-order valence-electron chi connectivity index (χ2n) is 5.91. The Morgan fingerprint density at radius 2 is 2.05 bits per heavy atom. The lowest BCUT2D eigenvalue weighted by Crippen LogP contribution is -2.43. The lowest BCUT2D eigenvalue weighted by atomic mass is 10.1. The van der Waals surface area contributed by atoms with Crippen LogP contribution >= 0.6 is 11.8 Å². The Kier molecular flexibility index (Phi) is 4.78. The maximum Gasteiger partial charge on any atom is 0.418 e. The molecular formula is C15H21F3N2S. The molecule has 1 aromatic carbocycles. The van der Waals surface area contributed by atoms with E-state index in [0.29, 0.717) is 30.9 Å². The Bertz CT molecular complexity index is 500. The molecule has 118 valence electrons. The van der Waals surface area contributed by atoms with Gasteiger partial charge >= 0.3 is 6.18 Å². The zero-order valence-electron chi connectivity index (χ0n) is 12.5. The summed E-state index contributed by atoms with van der Waals surface area (Å²) >= 11 is 1.81. The van der Waals surface area contributed by atoms with E-state index in [1.54, 1.807) is 19.2 Å². The number of hydrogen-bond acceptors (Lipinski definition) is 3. The van der Waals surface area contributed by atoms with E-state index in [-0.39, 0.29) is 4.75 Å². The van der Waals surface area contributed by atoms with Gasteiger partial charge in [-0.1, -0.05) is 6.07 Å². The molecule has 1 aromatic rings. The topological polar surface area (TPSA) is 15.3 Å². The molecule has 6 heteroatoms. The van der Waals surface area contributed by atoms with Crippen molar-refractivity contribution in [1.29, 1.82) is 0 Å². The van der Waals surface area contributed by atoms with E-state index in [4.69, 9.17) is 0 Å². The van der Waals surface area contributed by atoms with Gasteiger partial charge in [-0.25, -0.2) is 0 Å². The Morgan fingerprint density at radius 1 is 1.33 bits per heavy atom. The third kappa shape index (κ3) is 4.07. The molecule has 0 amide bonds. The summed E-state index contributed by atoms with van der Waals surface area (Å²) in [7, 11) is 1.73. The van der Waals surface area contributed by atoms with Crippen molar-refractivity contribution >= 4 is 17.4 Å². The largest absolute Gasteiger partial charge is 0.418 e. The minimum absolute atomic E-state index is 0.0231. The highest BCUT2D eigenvalue weighted by Crippen LogP contribution is 2.40. The number of halogens is 3. The van der Waals surface area contributed by atoms with Crippen LogP contribution in [0.1, 0.15) is 25.0 Å². The maximum atomic E-state index is 13.4. The molecule has 1 saturated heterocycles. The second kappa shape index (κ2) is 6.08. The van der Waals surface area contributed by atoms with Gasteiger partial charge in [0.25, 0.3) is 0 Å². The fourth-order valence-electron chi connectivity index (χ4n) is 2.62. The SMILES string of the molecule is CNCc1ccc(N2CCSC(C)(C)C2)c(C(F)(F)F)c1. The van der Waals surface area contributed by atoms with Crippen molar-refractivity contribution < 1.29 is 13.2 Å². The normalized spacial score (nSPS) is 18.9. The van der Waals surface area contributed by atoms with E-state index in [2.05, 4.69) is 19.2 Å². The summed E-state index contributed by atoms with van der Waals surface area (Å²) in [5, 5.41) is 2.89. The number of benzene rings is 1. The minimum Gasteiger partial charge on any atom is -0.369 e. The standard InChI is InChI=1S/C15H21F3N2S/c1-14(2)10-20(6-7-21-14)13-5-4-11(9-19-3)8-12(13)15(16,17)18/h4-5,8,19H,6-7,9-10H2,1-3H3. The molecule has 21 heavy (non-hydrogen) atoms. The summed E-state index contributed by atoms with van der Waals surface area (Å²) in [5.41, 5.74) is 0.424. The Labute approximate surface area is 128 Å². The van der Waals surface area contributed by atoms with Gasteiger partial charge in [-0.05, 0) is 38.6 Å². The summed E-state index contributed by atoms with van der Waals surface area (Å²) in [6.45, 7) is 5.87. The molecule has 0 saturated carbocycles. The average Bonchev–Trinajstić information content (AvgIpc) is 2.37. The van der Waals surface area contributed by atoms with E-state index < -0.39 is 11.7 Å². The number of rotatable bonds is 3. The van der Waals surface area contributed by atoms with Crippen LogP contribution in [0.25, 0.3) is 0 Å². The third-order valence-corrected chi connectivity index (χ3v) is 4.81. The van der Waals surface area contributed by atoms with Crippen molar-refractivity contribution in [2.24, 2.45) is 0 Å². The van der Waals surface area contributed by atoms with Crippen molar-refractivity contribution in [3.05, 3.63) is 29.3 Å². The molecule has 0 atom stereocenters. The molecule has 1 aliphatic rings. The Balaban J connectivity index is 2.38. The van der Waals surface area contributed by atoms with Crippen molar-refractivity contribution in [1.82, 2.24) is 5.32 Å².